The van der Waals surface area contributed by atoms with Crippen molar-refractivity contribution in [2.45, 2.75) is 39.8 Å². The summed E-state index contributed by atoms with van der Waals surface area (Å²) >= 11 is 0. The molecule has 1 aliphatic rings. The van der Waals surface area contributed by atoms with E-state index in [1.165, 1.54) is 30.5 Å². The average molecular weight is 434 g/mol. The molecule has 1 aliphatic heterocycles. The molecule has 1 aromatic carbocycles. The van der Waals surface area contributed by atoms with Gasteiger partial charge in [0.25, 0.3) is 5.91 Å². The summed E-state index contributed by atoms with van der Waals surface area (Å²) in [6.45, 7) is 5.90. The second kappa shape index (κ2) is 8.74. The number of nitrogens with zero attached hydrogens (tertiary/aromatic N) is 3. The predicted octanol–water partition coefficient (Wildman–Crippen LogP) is 4.78. The Morgan fingerprint density at radius 3 is 2.69 bits per heavy atom. The first kappa shape index (κ1) is 21.4. The molecule has 0 bridgehead atoms. The number of halogens is 1. The van der Waals surface area contributed by atoms with Gasteiger partial charge in [0, 0.05) is 35.5 Å². The Labute approximate surface area is 185 Å². The Kier molecular flexibility index (Phi) is 5.85. The lowest BCUT2D eigenvalue weighted by molar-refractivity contribution is -0.115. The molecule has 0 aliphatic carbocycles. The molecule has 1 atom stereocenters. The minimum atomic E-state index is -0.338. The molecule has 4 rings (SSSR count). The highest BCUT2D eigenvalue weighted by Gasteiger charge is 2.34. The zero-order chi connectivity index (χ0) is 22.8. The van der Waals surface area contributed by atoms with Gasteiger partial charge in [-0.2, -0.15) is 0 Å². The van der Waals surface area contributed by atoms with Crippen LogP contribution in [0.4, 0.5) is 10.2 Å². The topological polar surface area (TPSA) is 84.4 Å². The van der Waals surface area contributed by atoms with Crippen molar-refractivity contribution in [1.29, 1.82) is 0 Å². The van der Waals surface area contributed by atoms with Crippen molar-refractivity contribution in [3.63, 3.8) is 0 Å². The average Bonchev–Trinajstić information content (AvgIpc) is 3.13. The van der Waals surface area contributed by atoms with Gasteiger partial charge in [-0.05, 0) is 55.8 Å². The van der Waals surface area contributed by atoms with E-state index in [9.17, 15) is 14.0 Å². The SMILES string of the molecule is CCC(=O)Nc1nccc2c1CN(C(C)c1cnc(Oc3ccc(F)cc3)c(C)c1)C2=O. The molecule has 0 radical (unpaired) electrons. The number of aromatic nitrogens is 2. The molecule has 0 saturated heterocycles. The van der Waals surface area contributed by atoms with E-state index in [0.717, 1.165) is 11.1 Å². The molecule has 2 amide bonds. The van der Waals surface area contributed by atoms with Crippen LogP contribution in [0.5, 0.6) is 11.6 Å². The minimum absolute atomic E-state index is 0.119. The van der Waals surface area contributed by atoms with Gasteiger partial charge in [0.1, 0.15) is 17.4 Å². The number of ether oxygens (including phenoxy) is 1. The molecule has 32 heavy (non-hydrogen) atoms. The number of aryl methyl sites for hydroxylation is 1. The summed E-state index contributed by atoms with van der Waals surface area (Å²) in [5.74, 6) is 0.719. The van der Waals surface area contributed by atoms with E-state index in [4.69, 9.17) is 4.74 Å². The van der Waals surface area contributed by atoms with Gasteiger partial charge in [0.05, 0.1) is 12.6 Å². The van der Waals surface area contributed by atoms with E-state index in [2.05, 4.69) is 15.3 Å². The van der Waals surface area contributed by atoms with E-state index in [0.29, 0.717) is 41.5 Å². The quantitative estimate of drug-likeness (QED) is 0.603. The molecule has 0 saturated carbocycles. The second-order valence-corrected chi connectivity index (χ2v) is 7.64. The molecule has 2 aromatic heterocycles. The number of carbonyl (C=O) groups excluding carboxylic acids is 2. The summed E-state index contributed by atoms with van der Waals surface area (Å²) in [7, 11) is 0. The third-order valence-electron chi connectivity index (χ3n) is 5.48. The Bertz CT molecular complexity index is 1180. The molecule has 0 fully saturated rings. The van der Waals surface area contributed by atoms with Crippen LogP contribution in [0.2, 0.25) is 0 Å². The summed E-state index contributed by atoms with van der Waals surface area (Å²) in [5.41, 5.74) is 2.90. The van der Waals surface area contributed by atoms with Gasteiger partial charge >= 0.3 is 0 Å². The second-order valence-electron chi connectivity index (χ2n) is 7.64. The third kappa shape index (κ3) is 4.16. The number of hydrogen-bond donors (Lipinski definition) is 1. The highest BCUT2D eigenvalue weighted by molar-refractivity contribution is 6.01. The zero-order valence-electron chi connectivity index (χ0n) is 18.1. The molecule has 3 aromatic rings. The van der Waals surface area contributed by atoms with Gasteiger partial charge in [-0.25, -0.2) is 14.4 Å². The smallest absolute Gasteiger partial charge is 0.255 e. The fourth-order valence-corrected chi connectivity index (χ4v) is 3.60. The number of benzene rings is 1. The van der Waals surface area contributed by atoms with E-state index in [1.54, 1.807) is 24.1 Å². The van der Waals surface area contributed by atoms with Crippen molar-refractivity contribution in [2.24, 2.45) is 0 Å². The lowest BCUT2D eigenvalue weighted by atomic mass is 10.1. The highest BCUT2D eigenvalue weighted by Crippen LogP contribution is 2.35. The Hall–Kier alpha value is -3.81. The number of pyridine rings is 2. The van der Waals surface area contributed by atoms with Gasteiger partial charge in [0.15, 0.2) is 0 Å². The number of rotatable bonds is 6. The maximum Gasteiger partial charge on any atom is 0.255 e. The lowest BCUT2D eigenvalue weighted by Crippen LogP contribution is -2.27. The zero-order valence-corrected chi connectivity index (χ0v) is 18.1. The number of fused-ring (bicyclic) bond motifs is 1. The summed E-state index contributed by atoms with van der Waals surface area (Å²) < 4.78 is 18.9. The van der Waals surface area contributed by atoms with Crippen LogP contribution in [-0.2, 0) is 11.3 Å². The number of nitrogens with one attached hydrogen (secondary N) is 1. The van der Waals surface area contributed by atoms with E-state index >= 15 is 0 Å². The summed E-state index contributed by atoms with van der Waals surface area (Å²) in [6, 6.07) is 9.07. The van der Waals surface area contributed by atoms with Crippen LogP contribution in [-0.4, -0.2) is 26.7 Å². The van der Waals surface area contributed by atoms with E-state index in [1.807, 2.05) is 19.9 Å². The molecular weight excluding hydrogens is 411 g/mol. The molecule has 3 heterocycles. The maximum atomic E-state index is 13.1. The van der Waals surface area contributed by atoms with Crippen LogP contribution < -0.4 is 10.1 Å². The van der Waals surface area contributed by atoms with Gasteiger partial charge in [-0.1, -0.05) is 6.92 Å². The Morgan fingerprint density at radius 1 is 1.25 bits per heavy atom. The van der Waals surface area contributed by atoms with Crippen molar-refractivity contribution in [1.82, 2.24) is 14.9 Å². The molecule has 7 nitrogen and oxygen atoms in total. The normalized spacial score (nSPS) is 13.6. The van der Waals surface area contributed by atoms with Crippen LogP contribution >= 0.6 is 0 Å². The fraction of sp³-hybridized carbons (Fsp3) is 0.250. The van der Waals surface area contributed by atoms with E-state index < -0.39 is 0 Å². The molecule has 164 valence electrons. The van der Waals surface area contributed by atoms with Crippen molar-refractivity contribution in [2.75, 3.05) is 5.32 Å². The number of carbonyl (C=O) groups is 2. The predicted molar refractivity (Wildman–Crippen MR) is 117 cm³/mol. The standard InChI is InChI=1S/C24H23FN4O3/c1-4-21(30)28-22-20-13-29(24(31)19(20)9-10-26-22)15(3)16-11-14(2)23(27-12-16)32-18-7-5-17(25)6-8-18/h5-12,15H,4,13H2,1-3H3,(H,26,28,30). The number of hydrogen-bond acceptors (Lipinski definition) is 5. The van der Waals surface area contributed by atoms with Crippen LogP contribution in [0, 0.1) is 12.7 Å². The first-order valence-corrected chi connectivity index (χ1v) is 10.4. The monoisotopic (exact) mass is 434 g/mol. The number of amides is 2. The van der Waals surface area contributed by atoms with Crippen molar-refractivity contribution < 1.29 is 18.7 Å². The Balaban J connectivity index is 1.54. The van der Waals surface area contributed by atoms with Gasteiger partial charge in [0.2, 0.25) is 11.8 Å². The maximum absolute atomic E-state index is 13.1. The first-order chi connectivity index (χ1) is 15.4. The molecule has 1 N–H and O–H groups in total. The van der Waals surface area contributed by atoms with Crippen LogP contribution in [0.25, 0.3) is 0 Å². The fourth-order valence-electron chi connectivity index (χ4n) is 3.60. The van der Waals surface area contributed by atoms with Crippen LogP contribution in [0.3, 0.4) is 0 Å². The Morgan fingerprint density at radius 2 is 2.00 bits per heavy atom. The molecule has 8 heteroatoms. The van der Waals surface area contributed by atoms with E-state index in [-0.39, 0.29) is 23.7 Å². The first-order valence-electron chi connectivity index (χ1n) is 10.4. The molecule has 0 spiro atoms. The van der Waals surface area contributed by atoms with Gasteiger partial charge in [-0.3, -0.25) is 9.59 Å². The molecular formula is C24H23FN4O3. The van der Waals surface area contributed by atoms with Crippen LogP contribution in [0.1, 0.15) is 53.4 Å². The number of anilines is 1. The third-order valence-corrected chi connectivity index (χ3v) is 5.48. The molecule has 1 unspecified atom stereocenters. The minimum Gasteiger partial charge on any atom is -0.439 e. The van der Waals surface area contributed by atoms with Crippen molar-refractivity contribution in [3.8, 4) is 11.6 Å². The van der Waals surface area contributed by atoms with Gasteiger partial charge < -0.3 is 15.0 Å². The lowest BCUT2D eigenvalue weighted by Gasteiger charge is -2.25. The summed E-state index contributed by atoms with van der Waals surface area (Å²) in [6.07, 6.45) is 3.53. The van der Waals surface area contributed by atoms with Crippen molar-refractivity contribution in [3.05, 3.63) is 76.9 Å². The largest absolute Gasteiger partial charge is 0.439 e. The highest BCUT2D eigenvalue weighted by atomic mass is 19.1. The van der Waals surface area contributed by atoms with Gasteiger partial charge in [-0.15, -0.1) is 0 Å². The summed E-state index contributed by atoms with van der Waals surface area (Å²) in [5, 5.41) is 2.77. The van der Waals surface area contributed by atoms with Crippen LogP contribution in [0.15, 0.2) is 48.8 Å². The van der Waals surface area contributed by atoms with Crippen molar-refractivity contribution >= 4 is 17.6 Å². The summed E-state index contributed by atoms with van der Waals surface area (Å²) in [4.78, 5) is 35.3.